The molecule has 0 aromatic carbocycles. The van der Waals surface area contributed by atoms with E-state index in [1.54, 1.807) is 13.2 Å². The van der Waals surface area contributed by atoms with Gasteiger partial charge in [0, 0.05) is 16.8 Å². The summed E-state index contributed by atoms with van der Waals surface area (Å²) < 4.78 is 3.88. The van der Waals surface area contributed by atoms with Crippen LogP contribution in [-0.2, 0) is 7.05 Å². The van der Waals surface area contributed by atoms with E-state index in [-0.39, 0.29) is 5.69 Å². The fourth-order valence-electron chi connectivity index (χ4n) is 1.05. The number of aryl methyl sites for hydroxylation is 1. The van der Waals surface area contributed by atoms with Crippen LogP contribution in [0.4, 0.5) is 0 Å². The molecule has 0 aliphatic rings. The van der Waals surface area contributed by atoms with Gasteiger partial charge in [-0.3, -0.25) is 0 Å². The number of fused-ring (bicyclic) bond motifs is 1. The van der Waals surface area contributed by atoms with Crippen molar-refractivity contribution in [3.05, 3.63) is 32.4 Å². The average Bonchev–Trinajstić information content (AvgIpc) is 2.31. The number of nitrogens with zero attached hydrogens (tertiary/aromatic N) is 3. The van der Waals surface area contributed by atoms with Crippen LogP contribution in [0, 0.1) is 3.57 Å². The molecule has 62 valence electrons. The molecule has 2 aromatic rings. The first-order valence-corrected chi connectivity index (χ1v) is 4.47. The molecule has 0 spiro atoms. The van der Waals surface area contributed by atoms with Crippen molar-refractivity contribution >= 4 is 28.2 Å². The predicted octanol–water partition coefficient (Wildman–Crippen LogP) is 0.638. The second kappa shape index (κ2) is 2.58. The van der Waals surface area contributed by atoms with E-state index in [9.17, 15) is 4.79 Å². The fraction of sp³-hybridized carbons (Fsp3) is 0.143. The van der Waals surface area contributed by atoms with E-state index in [0.29, 0.717) is 5.65 Å². The predicted molar refractivity (Wildman–Crippen MR) is 53.2 cm³/mol. The van der Waals surface area contributed by atoms with E-state index in [0.717, 1.165) is 3.57 Å². The molecule has 2 rings (SSSR count). The highest BCUT2D eigenvalue weighted by Crippen LogP contribution is 2.04. The van der Waals surface area contributed by atoms with Gasteiger partial charge in [0.2, 0.25) is 0 Å². The molecule has 0 amide bonds. The van der Waals surface area contributed by atoms with E-state index in [2.05, 4.69) is 27.7 Å². The van der Waals surface area contributed by atoms with Gasteiger partial charge in [0.05, 0.1) is 0 Å². The minimum atomic E-state index is -0.108. The van der Waals surface area contributed by atoms with Crippen LogP contribution in [0.15, 0.2) is 23.1 Å². The Hall–Kier alpha value is -0.850. The number of rotatable bonds is 0. The lowest BCUT2D eigenvalue weighted by Crippen LogP contribution is -2.17. The lowest BCUT2D eigenvalue weighted by molar-refractivity contribution is 0.732. The SMILES string of the molecule is Cn1nc2ccc(I)cn2c1=O. The first kappa shape index (κ1) is 7.78. The Labute approximate surface area is 82.0 Å². The van der Waals surface area contributed by atoms with E-state index in [4.69, 9.17) is 0 Å². The zero-order valence-corrected chi connectivity index (χ0v) is 8.52. The lowest BCUT2D eigenvalue weighted by atomic mass is 10.5. The number of aromatic nitrogens is 3. The first-order chi connectivity index (χ1) is 5.68. The number of hydrogen-bond donors (Lipinski definition) is 0. The number of pyridine rings is 1. The van der Waals surface area contributed by atoms with Crippen molar-refractivity contribution in [1.82, 2.24) is 14.2 Å². The molecule has 0 saturated carbocycles. The zero-order chi connectivity index (χ0) is 8.72. The number of halogens is 1. The molecule has 0 N–H and O–H groups in total. The van der Waals surface area contributed by atoms with Gasteiger partial charge in [-0.15, -0.1) is 0 Å². The Morgan fingerprint density at radius 2 is 2.25 bits per heavy atom. The Morgan fingerprint density at radius 1 is 1.50 bits per heavy atom. The highest BCUT2D eigenvalue weighted by Gasteiger charge is 2.01. The second-order valence-electron chi connectivity index (χ2n) is 2.48. The second-order valence-corrected chi connectivity index (χ2v) is 3.73. The first-order valence-electron chi connectivity index (χ1n) is 3.39. The highest BCUT2D eigenvalue weighted by atomic mass is 127. The van der Waals surface area contributed by atoms with Gasteiger partial charge in [0.15, 0.2) is 5.65 Å². The summed E-state index contributed by atoms with van der Waals surface area (Å²) >= 11 is 2.16. The Kier molecular flexibility index (Phi) is 1.67. The van der Waals surface area contributed by atoms with E-state index in [1.807, 2.05) is 12.1 Å². The molecular weight excluding hydrogens is 269 g/mol. The summed E-state index contributed by atoms with van der Waals surface area (Å²) in [5.41, 5.74) is 0.575. The van der Waals surface area contributed by atoms with Crippen LogP contribution in [0.2, 0.25) is 0 Å². The van der Waals surface area contributed by atoms with Gasteiger partial charge in [0.25, 0.3) is 0 Å². The molecule has 2 heterocycles. The largest absolute Gasteiger partial charge is 0.350 e. The third kappa shape index (κ3) is 1.04. The normalized spacial score (nSPS) is 10.8. The molecule has 0 unspecified atom stereocenters. The van der Waals surface area contributed by atoms with Crippen LogP contribution in [0.3, 0.4) is 0 Å². The molecule has 0 saturated heterocycles. The zero-order valence-electron chi connectivity index (χ0n) is 6.36. The topological polar surface area (TPSA) is 39.3 Å². The smallest absolute Gasteiger partial charge is 0.249 e. The molecule has 5 heteroatoms. The molecule has 0 radical (unpaired) electrons. The van der Waals surface area contributed by atoms with Crippen LogP contribution >= 0.6 is 22.6 Å². The Balaban J connectivity index is 2.98. The molecule has 0 bridgehead atoms. The third-order valence-corrected chi connectivity index (χ3v) is 2.26. The molecule has 2 aromatic heterocycles. The molecule has 0 aliphatic carbocycles. The van der Waals surface area contributed by atoms with Crippen LogP contribution < -0.4 is 5.69 Å². The molecule has 0 atom stereocenters. The van der Waals surface area contributed by atoms with Crippen LogP contribution in [0.1, 0.15) is 0 Å². The van der Waals surface area contributed by atoms with Crippen LogP contribution in [0.25, 0.3) is 5.65 Å². The molecule has 12 heavy (non-hydrogen) atoms. The van der Waals surface area contributed by atoms with Crippen molar-refractivity contribution in [2.75, 3.05) is 0 Å². The van der Waals surface area contributed by atoms with Gasteiger partial charge in [-0.2, -0.15) is 5.10 Å². The van der Waals surface area contributed by atoms with Crippen LogP contribution in [-0.4, -0.2) is 14.2 Å². The van der Waals surface area contributed by atoms with Gasteiger partial charge >= 0.3 is 5.69 Å². The monoisotopic (exact) mass is 275 g/mol. The van der Waals surface area contributed by atoms with E-state index in [1.165, 1.54) is 9.08 Å². The summed E-state index contributed by atoms with van der Waals surface area (Å²) in [6.07, 6.45) is 1.77. The molecule has 0 fully saturated rings. The summed E-state index contributed by atoms with van der Waals surface area (Å²) in [5.74, 6) is 0. The number of hydrogen-bond acceptors (Lipinski definition) is 2. The highest BCUT2D eigenvalue weighted by molar-refractivity contribution is 14.1. The maximum atomic E-state index is 11.3. The van der Waals surface area contributed by atoms with E-state index < -0.39 is 0 Å². The van der Waals surface area contributed by atoms with Crippen molar-refractivity contribution in [3.63, 3.8) is 0 Å². The van der Waals surface area contributed by atoms with Gasteiger partial charge in [-0.25, -0.2) is 13.9 Å². The quantitative estimate of drug-likeness (QED) is 0.662. The summed E-state index contributed by atoms with van der Waals surface area (Å²) in [5, 5.41) is 4.02. The summed E-state index contributed by atoms with van der Waals surface area (Å²) in [6, 6.07) is 3.74. The standard InChI is InChI=1S/C7H6IN3O/c1-10-7(12)11-4-5(8)2-3-6(11)9-10/h2-4H,1H3. The van der Waals surface area contributed by atoms with Crippen molar-refractivity contribution in [2.24, 2.45) is 7.05 Å². The maximum absolute atomic E-state index is 11.3. The van der Waals surface area contributed by atoms with Gasteiger partial charge in [-0.05, 0) is 34.7 Å². The van der Waals surface area contributed by atoms with Gasteiger partial charge < -0.3 is 0 Å². The summed E-state index contributed by atoms with van der Waals surface area (Å²) in [7, 11) is 1.64. The van der Waals surface area contributed by atoms with Gasteiger partial charge in [0.1, 0.15) is 0 Å². The minimum Gasteiger partial charge on any atom is -0.249 e. The van der Waals surface area contributed by atoms with Gasteiger partial charge in [-0.1, -0.05) is 0 Å². The lowest BCUT2D eigenvalue weighted by Gasteiger charge is -1.89. The van der Waals surface area contributed by atoms with E-state index >= 15 is 0 Å². The molecular formula is C7H6IN3O. The Morgan fingerprint density at radius 3 is 3.00 bits per heavy atom. The Bertz CT molecular complexity index is 485. The molecule has 0 aliphatic heterocycles. The summed E-state index contributed by atoms with van der Waals surface area (Å²) in [4.78, 5) is 11.3. The van der Waals surface area contributed by atoms with Crippen molar-refractivity contribution in [2.45, 2.75) is 0 Å². The van der Waals surface area contributed by atoms with Crippen molar-refractivity contribution < 1.29 is 0 Å². The minimum absolute atomic E-state index is 0.108. The van der Waals surface area contributed by atoms with Crippen molar-refractivity contribution in [3.8, 4) is 0 Å². The van der Waals surface area contributed by atoms with Crippen molar-refractivity contribution in [1.29, 1.82) is 0 Å². The van der Waals surface area contributed by atoms with Crippen LogP contribution in [0.5, 0.6) is 0 Å². The fourth-order valence-corrected chi connectivity index (χ4v) is 1.51. The summed E-state index contributed by atoms with van der Waals surface area (Å²) in [6.45, 7) is 0. The maximum Gasteiger partial charge on any atom is 0.350 e. The molecule has 4 nitrogen and oxygen atoms in total. The average molecular weight is 275 g/mol. The third-order valence-electron chi connectivity index (χ3n) is 1.63.